The van der Waals surface area contributed by atoms with Gasteiger partial charge < -0.3 is 25.8 Å². The highest BCUT2D eigenvalue weighted by molar-refractivity contribution is 6.40. The molecule has 1 aromatic carbocycles. The van der Waals surface area contributed by atoms with E-state index in [1.165, 1.54) is 4.90 Å². The van der Waals surface area contributed by atoms with Crippen molar-refractivity contribution in [2.24, 2.45) is 17.6 Å². The van der Waals surface area contributed by atoms with Crippen LogP contribution in [-0.2, 0) is 16.0 Å². The molecule has 7 nitrogen and oxygen atoms in total. The lowest BCUT2D eigenvalue weighted by Gasteiger charge is -2.21. The van der Waals surface area contributed by atoms with E-state index in [0.29, 0.717) is 25.8 Å². The first kappa shape index (κ1) is 19.4. The summed E-state index contributed by atoms with van der Waals surface area (Å²) in [5.74, 6) is -1.99. The lowest BCUT2D eigenvalue weighted by atomic mass is 9.80. The van der Waals surface area contributed by atoms with Crippen molar-refractivity contribution < 1.29 is 24.7 Å². The first-order chi connectivity index (χ1) is 11.9. The minimum Gasteiger partial charge on any atom is -0.481 e. The number of hydrogen-bond acceptors (Lipinski definition) is 5. The number of carbonyl (C=O) groups is 2. The van der Waals surface area contributed by atoms with Gasteiger partial charge in [-0.15, -0.1) is 0 Å². The molecule has 1 saturated heterocycles. The summed E-state index contributed by atoms with van der Waals surface area (Å²) in [6.45, 7) is 0.503. The number of benzene rings is 1. The average Bonchev–Trinajstić information content (AvgIpc) is 2.99. The highest BCUT2D eigenvalue weighted by Crippen LogP contribution is 2.29. The number of carbonyl (C=O) groups excluding carboxylic acids is 1. The van der Waals surface area contributed by atoms with Gasteiger partial charge in [-0.1, -0.05) is 36.8 Å². The van der Waals surface area contributed by atoms with Crippen LogP contribution >= 0.6 is 0 Å². The number of nitrogens with zero attached hydrogens (tertiary/aromatic N) is 1. The minimum atomic E-state index is -1.39. The zero-order chi connectivity index (χ0) is 18.4. The van der Waals surface area contributed by atoms with Gasteiger partial charge in [-0.05, 0) is 30.6 Å². The summed E-state index contributed by atoms with van der Waals surface area (Å²) in [6, 6.07) is 8.77. The predicted molar refractivity (Wildman–Crippen MR) is 93.5 cm³/mol. The molecule has 1 aliphatic rings. The summed E-state index contributed by atoms with van der Waals surface area (Å²) >= 11 is 0. The number of nitrogens with two attached hydrogens (primary N) is 1. The van der Waals surface area contributed by atoms with Gasteiger partial charge in [0.15, 0.2) is 0 Å². The van der Waals surface area contributed by atoms with Gasteiger partial charge in [0.1, 0.15) is 0 Å². The fourth-order valence-corrected chi connectivity index (χ4v) is 3.38. The number of amides is 1. The number of carboxylic acid groups (broad SMARTS) is 1. The normalized spacial score (nSPS) is 21.2. The van der Waals surface area contributed by atoms with Gasteiger partial charge in [-0.25, -0.2) is 0 Å². The molecule has 2 unspecified atom stereocenters. The van der Waals surface area contributed by atoms with Crippen molar-refractivity contribution in [1.82, 2.24) is 4.90 Å². The van der Waals surface area contributed by atoms with E-state index < -0.39 is 25.0 Å². The topological polar surface area (TPSA) is 124 Å². The van der Waals surface area contributed by atoms with E-state index in [-0.39, 0.29) is 24.7 Å². The van der Waals surface area contributed by atoms with Crippen LogP contribution in [0.5, 0.6) is 0 Å². The molecule has 1 heterocycles. The number of aliphatic carboxylic acids is 1. The van der Waals surface area contributed by atoms with Gasteiger partial charge in [-0.3, -0.25) is 9.59 Å². The highest BCUT2D eigenvalue weighted by atomic mass is 16.4. The second-order valence-electron chi connectivity index (χ2n) is 6.66. The molecule has 5 N–H and O–H groups in total. The first-order valence-electron chi connectivity index (χ1n) is 8.55. The van der Waals surface area contributed by atoms with Gasteiger partial charge in [0.05, 0.1) is 12.0 Å². The molecule has 1 amide bonds. The van der Waals surface area contributed by atoms with Gasteiger partial charge in [0.25, 0.3) is 0 Å². The molecule has 0 saturated carbocycles. The van der Waals surface area contributed by atoms with Crippen molar-refractivity contribution in [3.8, 4) is 0 Å². The van der Waals surface area contributed by atoms with Gasteiger partial charge >= 0.3 is 13.1 Å². The molecule has 0 spiro atoms. The Labute approximate surface area is 147 Å². The second-order valence-corrected chi connectivity index (χ2v) is 6.66. The predicted octanol–water partition coefficient (Wildman–Crippen LogP) is -0.0314. The molecule has 25 heavy (non-hydrogen) atoms. The molecule has 1 aliphatic heterocycles. The van der Waals surface area contributed by atoms with Crippen molar-refractivity contribution >= 4 is 19.0 Å². The van der Waals surface area contributed by atoms with Crippen molar-refractivity contribution in [1.29, 1.82) is 0 Å². The Bertz CT molecular complexity index is 584. The quantitative estimate of drug-likeness (QED) is 0.489. The lowest BCUT2D eigenvalue weighted by Crippen LogP contribution is -2.44. The Morgan fingerprint density at radius 2 is 1.92 bits per heavy atom. The van der Waals surface area contributed by atoms with E-state index in [4.69, 9.17) is 15.8 Å². The van der Waals surface area contributed by atoms with Crippen LogP contribution in [0.1, 0.15) is 18.4 Å². The molecular formula is C17H25BN2O5. The molecule has 0 radical (unpaired) electrons. The van der Waals surface area contributed by atoms with Crippen LogP contribution in [-0.4, -0.2) is 58.2 Å². The van der Waals surface area contributed by atoms with Crippen LogP contribution in [0.2, 0.25) is 6.32 Å². The molecule has 136 valence electrons. The maximum atomic E-state index is 12.6. The zero-order valence-corrected chi connectivity index (χ0v) is 14.1. The third-order valence-electron chi connectivity index (χ3n) is 4.72. The Morgan fingerprint density at radius 3 is 2.52 bits per heavy atom. The van der Waals surface area contributed by atoms with Gasteiger partial charge in [0.2, 0.25) is 5.91 Å². The van der Waals surface area contributed by atoms with Crippen molar-refractivity contribution in [3.05, 3.63) is 35.9 Å². The molecule has 2 rings (SSSR count). The summed E-state index contributed by atoms with van der Waals surface area (Å²) in [4.78, 5) is 25.6. The van der Waals surface area contributed by atoms with Crippen LogP contribution in [0, 0.1) is 11.8 Å². The van der Waals surface area contributed by atoms with Crippen LogP contribution < -0.4 is 5.73 Å². The molecule has 3 atom stereocenters. The Balaban J connectivity index is 1.94. The third kappa shape index (κ3) is 5.56. The molecule has 8 heteroatoms. The standard InChI is InChI=1S/C17H25BN2O5/c19-15(9-12-5-2-1-3-6-12)16(21)20-10-13(7-4-8-18(24)25)14(11-20)17(22)23/h1-3,5-6,13-15,24-25H,4,7-11,19H2,(H,22,23)/t13-,14?,15?/m0/s1. The maximum absolute atomic E-state index is 12.6. The summed E-state index contributed by atoms with van der Waals surface area (Å²) in [7, 11) is -1.39. The largest absolute Gasteiger partial charge is 0.481 e. The zero-order valence-electron chi connectivity index (χ0n) is 14.1. The number of carboxylic acids is 1. The molecule has 1 aromatic rings. The Hall–Kier alpha value is -1.90. The second kappa shape index (κ2) is 8.98. The number of rotatable bonds is 8. The van der Waals surface area contributed by atoms with E-state index >= 15 is 0 Å². The smallest absolute Gasteiger partial charge is 0.451 e. The number of likely N-dealkylation sites (tertiary alicyclic amines) is 1. The molecular weight excluding hydrogens is 323 g/mol. The molecule has 1 fully saturated rings. The Morgan fingerprint density at radius 1 is 1.24 bits per heavy atom. The Kier molecular flexibility index (Phi) is 6.98. The summed E-state index contributed by atoms with van der Waals surface area (Å²) < 4.78 is 0. The molecule has 0 aromatic heterocycles. The van der Waals surface area contributed by atoms with Crippen LogP contribution in [0.4, 0.5) is 0 Å². The van der Waals surface area contributed by atoms with Crippen LogP contribution in [0.15, 0.2) is 30.3 Å². The maximum Gasteiger partial charge on any atom is 0.451 e. The van der Waals surface area contributed by atoms with Crippen LogP contribution in [0.3, 0.4) is 0 Å². The van der Waals surface area contributed by atoms with Gasteiger partial charge in [0, 0.05) is 13.1 Å². The van der Waals surface area contributed by atoms with E-state index in [0.717, 1.165) is 5.56 Å². The number of hydrogen-bond donors (Lipinski definition) is 4. The first-order valence-corrected chi connectivity index (χ1v) is 8.55. The fraction of sp³-hybridized carbons (Fsp3) is 0.529. The molecule has 0 bridgehead atoms. The van der Waals surface area contributed by atoms with Crippen molar-refractivity contribution in [2.75, 3.05) is 13.1 Å². The minimum absolute atomic E-state index is 0.156. The van der Waals surface area contributed by atoms with E-state index in [1.54, 1.807) is 0 Å². The SMILES string of the molecule is NC(Cc1ccccc1)C(=O)N1CC(C(=O)O)[C@@H](CCCB(O)O)C1. The van der Waals surface area contributed by atoms with E-state index in [1.807, 2.05) is 30.3 Å². The summed E-state index contributed by atoms with van der Waals surface area (Å²) in [5.41, 5.74) is 6.99. The van der Waals surface area contributed by atoms with Crippen LogP contribution in [0.25, 0.3) is 0 Å². The lowest BCUT2D eigenvalue weighted by molar-refractivity contribution is -0.142. The van der Waals surface area contributed by atoms with E-state index in [2.05, 4.69) is 0 Å². The van der Waals surface area contributed by atoms with Crippen molar-refractivity contribution in [2.45, 2.75) is 31.6 Å². The van der Waals surface area contributed by atoms with Gasteiger partial charge in [-0.2, -0.15) is 0 Å². The van der Waals surface area contributed by atoms with E-state index in [9.17, 15) is 14.7 Å². The summed E-state index contributed by atoms with van der Waals surface area (Å²) in [5, 5.41) is 27.2. The summed E-state index contributed by atoms with van der Waals surface area (Å²) in [6.07, 6.45) is 1.65. The third-order valence-corrected chi connectivity index (χ3v) is 4.72. The highest BCUT2D eigenvalue weighted by Gasteiger charge is 2.40. The average molecular weight is 348 g/mol. The monoisotopic (exact) mass is 348 g/mol. The fourth-order valence-electron chi connectivity index (χ4n) is 3.38. The van der Waals surface area contributed by atoms with Crippen molar-refractivity contribution in [3.63, 3.8) is 0 Å². The molecule has 0 aliphatic carbocycles.